The van der Waals surface area contributed by atoms with Crippen molar-refractivity contribution in [1.29, 1.82) is 0 Å². The molecule has 0 aromatic carbocycles. The van der Waals surface area contributed by atoms with Crippen LogP contribution in [0.3, 0.4) is 0 Å². The van der Waals surface area contributed by atoms with Gasteiger partial charge in [0.15, 0.2) is 0 Å². The summed E-state index contributed by atoms with van der Waals surface area (Å²) in [5, 5.41) is 3.28. The van der Waals surface area contributed by atoms with E-state index in [1.165, 1.54) is 0 Å². The predicted octanol–water partition coefficient (Wildman–Crippen LogP) is 0.233. The van der Waals surface area contributed by atoms with Crippen molar-refractivity contribution in [3.63, 3.8) is 0 Å². The minimum atomic E-state index is 0.101. The van der Waals surface area contributed by atoms with E-state index in [1.807, 2.05) is 4.90 Å². The van der Waals surface area contributed by atoms with Gasteiger partial charge in [-0.3, -0.25) is 4.79 Å². The molecule has 2 rings (SSSR count). The largest absolute Gasteiger partial charge is 0.375 e. The van der Waals surface area contributed by atoms with E-state index < -0.39 is 0 Å². The first-order valence-corrected chi connectivity index (χ1v) is 5.94. The Balaban J connectivity index is 1.90. The number of carbonyl (C=O) groups excluding carboxylic acids is 1. The molecule has 0 bridgehead atoms. The van der Waals surface area contributed by atoms with Gasteiger partial charge in [0.2, 0.25) is 5.91 Å². The molecule has 2 unspecified atom stereocenters. The lowest BCUT2D eigenvalue weighted by Gasteiger charge is -2.27. The van der Waals surface area contributed by atoms with Gasteiger partial charge >= 0.3 is 0 Å². The van der Waals surface area contributed by atoms with Gasteiger partial charge in [0.25, 0.3) is 0 Å². The van der Waals surface area contributed by atoms with E-state index in [-0.39, 0.29) is 12.0 Å². The summed E-state index contributed by atoms with van der Waals surface area (Å²) in [5.41, 5.74) is 0. The van der Waals surface area contributed by atoms with Gasteiger partial charge in [-0.05, 0) is 12.8 Å². The highest BCUT2D eigenvalue weighted by atomic mass is 16.5. The molecule has 1 N–H and O–H groups in total. The van der Waals surface area contributed by atoms with E-state index >= 15 is 0 Å². The molecule has 0 radical (unpaired) electrons. The normalized spacial score (nSPS) is 32.3. The Hall–Kier alpha value is -0.610. The molecule has 2 heterocycles. The fourth-order valence-electron chi connectivity index (χ4n) is 2.44. The molecule has 2 aliphatic heterocycles. The number of hydrogen-bond acceptors (Lipinski definition) is 3. The fraction of sp³-hybridized carbons (Fsp3) is 0.909. The van der Waals surface area contributed by atoms with E-state index in [2.05, 4.69) is 12.2 Å². The van der Waals surface area contributed by atoms with Crippen molar-refractivity contribution in [2.45, 2.75) is 25.9 Å². The van der Waals surface area contributed by atoms with Gasteiger partial charge in [0, 0.05) is 26.2 Å². The van der Waals surface area contributed by atoms with Crippen molar-refractivity contribution in [3.8, 4) is 0 Å². The topological polar surface area (TPSA) is 41.6 Å². The molecule has 0 aromatic rings. The Morgan fingerprint density at radius 3 is 3.13 bits per heavy atom. The zero-order chi connectivity index (χ0) is 10.7. The van der Waals surface area contributed by atoms with Gasteiger partial charge in [-0.25, -0.2) is 0 Å². The highest BCUT2D eigenvalue weighted by molar-refractivity contribution is 5.81. The van der Waals surface area contributed by atoms with E-state index in [1.54, 1.807) is 0 Å². The number of amides is 1. The molecule has 0 aliphatic carbocycles. The lowest BCUT2D eigenvalue weighted by Crippen LogP contribution is -2.45. The average molecular weight is 212 g/mol. The number of carbonyl (C=O) groups is 1. The summed E-state index contributed by atoms with van der Waals surface area (Å²) in [5.74, 6) is 0.398. The number of ether oxygens (including phenoxy) is 1. The monoisotopic (exact) mass is 212 g/mol. The predicted molar refractivity (Wildman–Crippen MR) is 57.6 cm³/mol. The maximum Gasteiger partial charge on any atom is 0.228 e. The molecule has 0 spiro atoms. The van der Waals surface area contributed by atoms with Crippen molar-refractivity contribution < 1.29 is 9.53 Å². The second kappa shape index (κ2) is 4.94. The standard InChI is InChI=1S/C11H20N2O2/c1-2-5-13-6-3-9(11(13)14)10-8-12-4-7-15-10/h9-10,12H,2-8H2,1H3. The van der Waals surface area contributed by atoms with E-state index in [0.717, 1.165) is 45.6 Å². The Morgan fingerprint density at radius 1 is 1.60 bits per heavy atom. The third kappa shape index (κ3) is 2.32. The molecule has 86 valence electrons. The summed E-state index contributed by atoms with van der Waals surface area (Å²) in [4.78, 5) is 14.0. The molecule has 2 saturated heterocycles. The van der Waals surface area contributed by atoms with Crippen molar-refractivity contribution >= 4 is 5.91 Å². The van der Waals surface area contributed by atoms with Crippen molar-refractivity contribution in [2.75, 3.05) is 32.8 Å². The van der Waals surface area contributed by atoms with Gasteiger partial charge in [-0.15, -0.1) is 0 Å². The van der Waals surface area contributed by atoms with Crippen LogP contribution in [0, 0.1) is 5.92 Å². The van der Waals surface area contributed by atoms with E-state index in [4.69, 9.17) is 4.74 Å². The Morgan fingerprint density at radius 2 is 2.47 bits per heavy atom. The number of rotatable bonds is 3. The SMILES string of the molecule is CCCN1CCC(C2CNCCO2)C1=O. The summed E-state index contributed by atoms with van der Waals surface area (Å²) < 4.78 is 5.65. The van der Waals surface area contributed by atoms with Crippen LogP contribution in [-0.2, 0) is 9.53 Å². The first kappa shape index (κ1) is 10.9. The quantitative estimate of drug-likeness (QED) is 0.728. The Labute approximate surface area is 91.0 Å². The fourth-order valence-corrected chi connectivity index (χ4v) is 2.44. The maximum atomic E-state index is 12.0. The van der Waals surface area contributed by atoms with Gasteiger partial charge in [-0.2, -0.15) is 0 Å². The zero-order valence-corrected chi connectivity index (χ0v) is 9.37. The molecular weight excluding hydrogens is 192 g/mol. The van der Waals surface area contributed by atoms with E-state index in [0.29, 0.717) is 5.91 Å². The molecule has 0 saturated carbocycles. The van der Waals surface area contributed by atoms with Crippen molar-refractivity contribution in [3.05, 3.63) is 0 Å². The molecule has 4 heteroatoms. The van der Waals surface area contributed by atoms with Gasteiger partial charge in [0.1, 0.15) is 0 Å². The number of nitrogens with one attached hydrogen (secondary N) is 1. The molecule has 0 aromatic heterocycles. The van der Waals surface area contributed by atoms with Crippen LogP contribution >= 0.6 is 0 Å². The third-order valence-electron chi connectivity index (χ3n) is 3.24. The van der Waals surface area contributed by atoms with Crippen LogP contribution in [0.25, 0.3) is 0 Å². The molecule has 2 aliphatic rings. The maximum absolute atomic E-state index is 12.0. The van der Waals surface area contributed by atoms with Crippen LogP contribution in [0.4, 0.5) is 0 Å². The first-order valence-electron chi connectivity index (χ1n) is 5.94. The van der Waals surface area contributed by atoms with Crippen LogP contribution in [-0.4, -0.2) is 49.7 Å². The second-order valence-electron chi connectivity index (χ2n) is 4.33. The lowest BCUT2D eigenvalue weighted by molar-refractivity contribution is -0.136. The number of likely N-dealkylation sites (tertiary alicyclic amines) is 1. The third-order valence-corrected chi connectivity index (χ3v) is 3.24. The average Bonchev–Trinajstić information content (AvgIpc) is 2.63. The summed E-state index contributed by atoms with van der Waals surface area (Å²) in [6.07, 6.45) is 2.11. The highest BCUT2D eigenvalue weighted by Gasteiger charge is 2.37. The Bertz CT molecular complexity index is 227. The minimum Gasteiger partial charge on any atom is -0.375 e. The Kier molecular flexibility index (Phi) is 3.59. The molecule has 2 fully saturated rings. The summed E-state index contributed by atoms with van der Waals surface area (Å²) in [6.45, 7) is 6.40. The summed E-state index contributed by atoms with van der Waals surface area (Å²) in [7, 11) is 0. The number of hydrogen-bond donors (Lipinski definition) is 1. The van der Waals surface area contributed by atoms with Crippen LogP contribution in [0.5, 0.6) is 0 Å². The lowest BCUT2D eigenvalue weighted by atomic mass is 10.00. The smallest absolute Gasteiger partial charge is 0.228 e. The van der Waals surface area contributed by atoms with Crippen molar-refractivity contribution in [2.24, 2.45) is 5.92 Å². The second-order valence-corrected chi connectivity index (χ2v) is 4.33. The van der Waals surface area contributed by atoms with Gasteiger partial charge in [-0.1, -0.05) is 6.92 Å². The highest BCUT2D eigenvalue weighted by Crippen LogP contribution is 2.24. The first-order chi connectivity index (χ1) is 7.33. The molecule has 15 heavy (non-hydrogen) atoms. The molecule has 1 amide bonds. The van der Waals surface area contributed by atoms with E-state index in [9.17, 15) is 4.79 Å². The zero-order valence-electron chi connectivity index (χ0n) is 9.37. The van der Waals surface area contributed by atoms with Crippen LogP contribution in [0.1, 0.15) is 19.8 Å². The summed E-state index contributed by atoms with van der Waals surface area (Å²) in [6, 6.07) is 0. The number of nitrogens with zero attached hydrogens (tertiary/aromatic N) is 1. The number of morpholine rings is 1. The van der Waals surface area contributed by atoms with Crippen LogP contribution in [0.15, 0.2) is 0 Å². The molecule has 2 atom stereocenters. The summed E-state index contributed by atoms with van der Waals surface area (Å²) >= 11 is 0. The van der Waals surface area contributed by atoms with Crippen molar-refractivity contribution in [1.82, 2.24) is 10.2 Å². The molecule has 4 nitrogen and oxygen atoms in total. The minimum absolute atomic E-state index is 0.101. The van der Waals surface area contributed by atoms with Gasteiger partial charge in [0.05, 0.1) is 18.6 Å². The van der Waals surface area contributed by atoms with Crippen LogP contribution < -0.4 is 5.32 Å². The molecular formula is C11H20N2O2. The van der Waals surface area contributed by atoms with Gasteiger partial charge < -0.3 is 15.0 Å². The van der Waals surface area contributed by atoms with Crippen LogP contribution in [0.2, 0.25) is 0 Å².